The first kappa shape index (κ1) is 13.8. The zero-order valence-corrected chi connectivity index (χ0v) is 12.6. The molecule has 0 saturated carbocycles. The van der Waals surface area contributed by atoms with Crippen LogP contribution >= 0.6 is 15.9 Å². The van der Waals surface area contributed by atoms with Crippen LogP contribution in [-0.4, -0.2) is 21.9 Å². The minimum atomic E-state index is -1.03. The summed E-state index contributed by atoms with van der Waals surface area (Å²) in [5.74, 6) is -1.27. The summed E-state index contributed by atoms with van der Waals surface area (Å²) in [5, 5.41) is 9.54. The summed E-state index contributed by atoms with van der Waals surface area (Å²) in [4.78, 5) is 25.6. The fourth-order valence-electron chi connectivity index (χ4n) is 2.60. The Labute approximate surface area is 130 Å². The van der Waals surface area contributed by atoms with E-state index in [4.69, 9.17) is 0 Å². The van der Waals surface area contributed by atoms with Crippen molar-refractivity contribution >= 4 is 27.8 Å². The highest BCUT2D eigenvalue weighted by atomic mass is 79.9. The Balaban J connectivity index is 2.00. The van der Waals surface area contributed by atoms with Crippen LogP contribution in [-0.2, 0) is 11.3 Å². The molecular weight excluding hydrogens is 334 g/mol. The first-order valence-corrected chi connectivity index (χ1v) is 7.24. The SMILES string of the molecule is O=C(O)C(c1ccccc1)N1Cc2ccc(Br)cc2C1=O. The van der Waals surface area contributed by atoms with E-state index in [1.54, 1.807) is 30.3 Å². The number of halogens is 1. The van der Waals surface area contributed by atoms with E-state index in [-0.39, 0.29) is 5.91 Å². The Morgan fingerprint density at radius 2 is 1.90 bits per heavy atom. The molecule has 1 atom stereocenters. The first-order valence-electron chi connectivity index (χ1n) is 6.45. The van der Waals surface area contributed by atoms with Gasteiger partial charge in [0.2, 0.25) is 0 Å². The molecular formula is C16H12BrNO3. The van der Waals surface area contributed by atoms with Gasteiger partial charge in [-0.25, -0.2) is 4.79 Å². The van der Waals surface area contributed by atoms with E-state index in [2.05, 4.69) is 15.9 Å². The normalized spacial score (nSPS) is 14.9. The third kappa shape index (κ3) is 2.45. The monoisotopic (exact) mass is 345 g/mol. The van der Waals surface area contributed by atoms with Crippen LogP contribution in [0.15, 0.2) is 53.0 Å². The number of carboxylic acid groups (broad SMARTS) is 1. The summed E-state index contributed by atoms with van der Waals surface area (Å²) in [6.07, 6.45) is 0. The van der Waals surface area contributed by atoms with Gasteiger partial charge in [-0.3, -0.25) is 4.79 Å². The van der Waals surface area contributed by atoms with Crippen molar-refractivity contribution in [1.82, 2.24) is 4.90 Å². The second kappa shape index (κ2) is 5.33. The number of aliphatic carboxylic acids is 1. The van der Waals surface area contributed by atoms with Crippen LogP contribution in [0.3, 0.4) is 0 Å². The van der Waals surface area contributed by atoms with Crippen LogP contribution in [0.2, 0.25) is 0 Å². The molecule has 2 aromatic rings. The molecule has 1 aliphatic heterocycles. The van der Waals surface area contributed by atoms with Gasteiger partial charge in [0.25, 0.3) is 5.91 Å². The number of fused-ring (bicyclic) bond motifs is 1. The topological polar surface area (TPSA) is 57.6 Å². The summed E-state index contributed by atoms with van der Waals surface area (Å²) < 4.78 is 0.808. The Hall–Kier alpha value is -2.14. The molecule has 1 aliphatic rings. The van der Waals surface area contributed by atoms with Crippen molar-refractivity contribution in [3.8, 4) is 0 Å². The lowest BCUT2D eigenvalue weighted by Gasteiger charge is -2.24. The third-order valence-corrected chi connectivity index (χ3v) is 4.06. The van der Waals surface area contributed by atoms with Crippen LogP contribution in [0.25, 0.3) is 0 Å². The van der Waals surface area contributed by atoms with Gasteiger partial charge in [-0.2, -0.15) is 0 Å². The number of nitrogens with zero attached hydrogens (tertiary/aromatic N) is 1. The number of carboxylic acids is 1. The van der Waals surface area contributed by atoms with Crippen molar-refractivity contribution < 1.29 is 14.7 Å². The van der Waals surface area contributed by atoms with E-state index < -0.39 is 12.0 Å². The van der Waals surface area contributed by atoms with Gasteiger partial charge in [0, 0.05) is 16.6 Å². The first-order chi connectivity index (χ1) is 10.1. The quantitative estimate of drug-likeness (QED) is 0.928. The van der Waals surface area contributed by atoms with Crippen molar-refractivity contribution in [2.75, 3.05) is 0 Å². The summed E-state index contributed by atoms with van der Waals surface area (Å²) in [5.41, 5.74) is 2.02. The number of carbonyl (C=O) groups is 2. The Bertz CT molecular complexity index is 715. The summed E-state index contributed by atoms with van der Waals surface area (Å²) in [6, 6.07) is 13.3. The van der Waals surface area contributed by atoms with Gasteiger partial charge >= 0.3 is 5.97 Å². The molecule has 21 heavy (non-hydrogen) atoms. The number of hydrogen-bond acceptors (Lipinski definition) is 2. The van der Waals surface area contributed by atoms with Crippen LogP contribution in [0.5, 0.6) is 0 Å². The Morgan fingerprint density at radius 1 is 1.19 bits per heavy atom. The van der Waals surface area contributed by atoms with E-state index in [1.165, 1.54) is 4.90 Å². The Kier molecular flexibility index (Phi) is 3.51. The average molecular weight is 346 g/mol. The van der Waals surface area contributed by atoms with Crippen molar-refractivity contribution in [2.24, 2.45) is 0 Å². The van der Waals surface area contributed by atoms with Crippen LogP contribution in [0.4, 0.5) is 0 Å². The lowest BCUT2D eigenvalue weighted by molar-refractivity contribution is -0.142. The second-order valence-electron chi connectivity index (χ2n) is 4.89. The molecule has 2 aromatic carbocycles. The van der Waals surface area contributed by atoms with E-state index >= 15 is 0 Å². The highest BCUT2D eigenvalue weighted by Gasteiger charge is 2.37. The maximum Gasteiger partial charge on any atom is 0.331 e. The maximum atomic E-state index is 12.5. The van der Waals surface area contributed by atoms with Gasteiger partial charge in [0.05, 0.1) is 0 Å². The Morgan fingerprint density at radius 3 is 2.57 bits per heavy atom. The van der Waals surface area contributed by atoms with Gasteiger partial charge < -0.3 is 10.0 Å². The standard InChI is InChI=1S/C16H12BrNO3/c17-12-7-6-11-9-18(15(19)13(11)8-12)14(16(20)21)10-4-2-1-3-5-10/h1-8,14H,9H2,(H,20,21). The fraction of sp³-hybridized carbons (Fsp3) is 0.125. The molecule has 3 rings (SSSR count). The third-order valence-electron chi connectivity index (χ3n) is 3.56. The van der Waals surface area contributed by atoms with Crippen molar-refractivity contribution in [2.45, 2.75) is 12.6 Å². The van der Waals surface area contributed by atoms with Crippen molar-refractivity contribution in [3.05, 3.63) is 69.7 Å². The molecule has 0 radical (unpaired) electrons. The summed E-state index contributed by atoms with van der Waals surface area (Å²) in [7, 11) is 0. The molecule has 0 aliphatic carbocycles. The van der Waals surface area contributed by atoms with Crippen molar-refractivity contribution in [3.63, 3.8) is 0 Å². The average Bonchev–Trinajstić information content (AvgIpc) is 2.77. The predicted octanol–water partition coefficient (Wildman–Crippen LogP) is 3.23. The van der Waals surface area contributed by atoms with Crippen LogP contribution in [0.1, 0.15) is 27.5 Å². The zero-order valence-electron chi connectivity index (χ0n) is 11.0. The molecule has 1 N–H and O–H groups in total. The maximum absolute atomic E-state index is 12.5. The number of hydrogen-bond donors (Lipinski definition) is 1. The molecule has 1 unspecified atom stereocenters. The molecule has 0 fully saturated rings. The molecule has 0 bridgehead atoms. The zero-order chi connectivity index (χ0) is 15.0. The number of carbonyl (C=O) groups excluding carboxylic acids is 1. The molecule has 1 heterocycles. The minimum Gasteiger partial charge on any atom is -0.479 e. The van der Waals surface area contributed by atoms with E-state index in [9.17, 15) is 14.7 Å². The summed E-state index contributed by atoms with van der Waals surface area (Å²) >= 11 is 3.34. The lowest BCUT2D eigenvalue weighted by Crippen LogP contribution is -2.34. The molecule has 4 nitrogen and oxygen atoms in total. The molecule has 106 valence electrons. The van der Waals surface area contributed by atoms with Crippen LogP contribution < -0.4 is 0 Å². The summed E-state index contributed by atoms with van der Waals surface area (Å²) in [6.45, 7) is 0.313. The largest absolute Gasteiger partial charge is 0.479 e. The highest BCUT2D eigenvalue weighted by molar-refractivity contribution is 9.10. The van der Waals surface area contributed by atoms with E-state index in [0.717, 1.165) is 10.0 Å². The molecule has 0 spiro atoms. The number of rotatable bonds is 3. The minimum absolute atomic E-state index is 0.248. The van der Waals surface area contributed by atoms with Gasteiger partial charge in [-0.15, -0.1) is 0 Å². The molecule has 1 amide bonds. The molecule has 0 aromatic heterocycles. The van der Waals surface area contributed by atoms with Crippen LogP contribution in [0, 0.1) is 0 Å². The highest BCUT2D eigenvalue weighted by Crippen LogP contribution is 2.32. The lowest BCUT2D eigenvalue weighted by atomic mass is 10.1. The van der Waals surface area contributed by atoms with Gasteiger partial charge in [-0.05, 0) is 23.3 Å². The smallest absolute Gasteiger partial charge is 0.331 e. The van der Waals surface area contributed by atoms with Gasteiger partial charge in [0.15, 0.2) is 6.04 Å². The number of benzene rings is 2. The van der Waals surface area contributed by atoms with E-state index in [0.29, 0.717) is 17.7 Å². The van der Waals surface area contributed by atoms with Crippen molar-refractivity contribution in [1.29, 1.82) is 0 Å². The predicted molar refractivity (Wildman–Crippen MR) is 80.8 cm³/mol. The second-order valence-corrected chi connectivity index (χ2v) is 5.80. The van der Waals surface area contributed by atoms with E-state index in [1.807, 2.05) is 18.2 Å². The fourth-order valence-corrected chi connectivity index (χ4v) is 2.96. The van der Waals surface area contributed by atoms with Gasteiger partial charge in [-0.1, -0.05) is 52.3 Å². The number of amides is 1. The van der Waals surface area contributed by atoms with Gasteiger partial charge in [0.1, 0.15) is 0 Å². The molecule has 5 heteroatoms. The molecule has 0 saturated heterocycles.